The van der Waals surface area contributed by atoms with E-state index in [0.717, 1.165) is 24.8 Å². The number of sulfonamides is 1. The van der Waals surface area contributed by atoms with E-state index in [2.05, 4.69) is 31.3 Å². The van der Waals surface area contributed by atoms with Gasteiger partial charge in [-0.2, -0.15) is 4.31 Å². The van der Waals surface area contributed by atoms with Crippen molar-refractivity contribution in [1.29, 1.82) is 0 Å². The number of ether oxygens (including phenoxy) is 1. The number of hydrogen-bond donors (Lipinski definition) is 1. The van der Waals surface area contributed by atoms with Gasteiger partial charge in [0.25, 0.3) is 0 Å². The molecule has 1 aliphatic rings. The molecule has 2 aromatic rings. The SMILES string of the molecule is COc1ccc(S(=O)(=O)N2CCCC2)cc1CCC(=O)NC(C)CC(C)(C)c1ccccc1. The molecule has 33 heavy (non-hydrogen) atoms. The van der Waals surface area contributed by atoms with Crippen LogP contribution in [0.4, 0.5) is 0 Å². The Morgan fingerprint density at radius 3 is 2.42 bits per heavy atom. The molecule has 1 unspecified atom stereocenters. The van der Waals surface area contributed by atoms with Gasteiger partial charge < -0.3 is 10.1 Å². The fourth-order valence-corrected chi connectivity index (χ4v) is 6.18. The van der Waals surface area contributed by atoms with Crippen molar-refractivity contribution in [1.82, 2.24) is 9.62 Å². The van der Waals surface area contributed by atoms with E-state index in [1.165, 1.54) is 9.87 Å². The van der Waals surface area contributed by atoms with E-state index >= 15 is 0 Å². The Balaban J connectivity index is 1.62. The molecule has 1 aliphatic heterocycles. The van der Waals surface area contributed by atoms with Crippen molar-refractivity contribution in [3.05, 3.63) is 59.7 Å². The molecule has 6 nitrogen and oxygen atoms in total. The second-order valence-electron chi connectivity index (χ2n) is 9.51. The number of aryl methyl sites for hydroxylation is 1. The van der Waals surface area contributed by atoms with Gasteiger partial charge in [0.15, 0.2) is 0 Å². The molecule has 0 radical (unpaired) electrons. The molecule has 0 bridgehead atoms. The van der Waals surface area contributed by atoms with Gasteiger partial charge in [-0.05, 0) is 67.3 Å². The Morgan fingerprint density at radius 1 is 1.12 bits per heavy atom. The smallest absolute Gasteiger partial charge is 0.243 e. The van der Waals surface area contributed by atoms with Gasteiger partial charge >= 0.3 is 0 Å². The Kier molecular flexibility index (Phi) is 8.19. The zero-order valence-corrected chi connectivity index (χ0v) is 21.0. The topological polar surface area (TPSA) is 75.7 Å². The molecule has 7 heteroatoms. The first kappa shape index (κ1) is 25.2. The molecule has 1 saturated heterocycles. The number of benzene rings is 2. The first-order valence-corrected chi connectivity index (χ1v) is 13.1. The van der Waals surface area contributed by atoms with Gasteiger partial charge in [-0.15, -0.1) is 0 Å². The second-order valence-corrected chi connectivity index (χ2v) is 11.4. The van der Waals surface area contributed by atoms with Crippen LogP contribution in [0.1, 0.15) is 57.6 Å². The third-order valence-electron chi connectivity index (χ3n) is 6.36. The molecule has 2 aromatic carbocycles. The van der Waals surface area contributed by atoms with Crippen LogP contribution in [0.2, 0.25) is 0 Å². The molecule has 1 amide bonds. The number of hydrogen-bond acceptors (Lipinski definition) is 4. The Hall–Kier alpha value is -2.38. The maximum absolute atomic E-state index is 12.9. The van der Waals surface area contributed by atoms with Crippen molar-refractivity contribution in [2.24, 2.45) is 0 Å². The summed E-state index contributed by atoms with van der Waals surface area (Å²) in [5.41, 5.74) is 1.91. The predicted octanol–water partition coefficient (Wildman–Crippen LogP) is 4.28. The fraction of sp³-hybridized carbons (Fsp3) is 0.500. The van der Waals surface area contributed by atoms with Gasteiger partial charge in [-0.25, -0.2) is 8.42 Å². The largest absolute Gasteiger partial charge is 0.496 e. The van der Waals surface area contributed by atoms with Crippen LogP contribution in [0.5, 0.6) is 5.75 Å². The Labute approximate surface area is 198 Å². The average Bonchev–Trinajstić information content (AvgIpc) is 3.33. The molecule has 1 heterocycles. The van der Waals surface area contributed by atoms with Crippen molar-refractivity contribution in [2.75, 3.05) is 20.2 Å². The average molecular weight is 473 g/mol. The predicted molar refractivity (Wildman–Crippen MR) is 131 cm³/mol. The molecule has 1 atom stereocenters. The number of methoxy groups -OCH3 is 1. The lowest BCUT2D eigenvalue weighted by molar-refractivity contribution is -0.121. The van der Waals surface area contributed by atoms with E-state index in [4.69, 9.17) is 4.74 Å². The monoisotopic (exact) mass is 472 g/mol. The minimum atomic E-state index is -3.51. The molecular weight excluding hydrogens is 436 g/mol. The van der Waals surface area contributed by atoms with Crippen molar-refractivity contribution < 1.29 is 17.9 Å². The third-order valence-corrected chi connectivity index (χ3v) is 8.25. The summed E-state index contributed by atoms with van der Waals surface area (Å²) in [5.74, 6) is 0.544. The summed E-state index contributed by atoms with van der Waals surface area (Å²) in [6.07, 6.45) is 3.27. The van der Waals surface area contributed by atoms with Crippen LogP contribution in [0.25, 0.3) is 0 Å². The molecule has 180 valence electrons. The molecular formula is C26H36N2O4S. The lowest BCUT2D eigenvalue weighted by Crippen LogP contribution is -2.37. The van der Waals surface area contributed by atoms with E-state index in [0.29, 0.717) is 25.3 Å². The van der Waals surface area contributed by atoms with E-state index in [-0.39, 0.29) is 28.7 Å². The summed E-state index contributed by atoms with van der Waals surface area (Å²) in [6.45, 7) is 7.50. The van der Waals surface area contributed by atoms with Crippen LogP contribution in [0, 0.1) is 0 Å². The van der Waals surface area contributed by atoms with E-state index in [1.54, 1.807) is 25.3 Å². The molecule has 0 aliphatic carbocycles. The number of carbonyl (C=O) groups is 1. The molecule has 3 rings (SSSR count). The number of rotatable bonds is 10. The summed E-state index contributed by atoms with van der Waals surface area (Å²) in [4.78, 5) is 12.9. The summed E-state index contributed by atoms with van der Waals surface area (Å²) >= 11 is 0. The first-order valence-electron chi connectivity index (χ1n) is 11.7. The molecule has 0 spiro atoms. The van der Waals surface area contributed by atoms with Gasteiger partial charge in [-0.1, -0.05) is 44.2 Å². The van der Waals surface area contributed by atoms with Gasteiger partial charge in [0.05, 0.1) is 12.0 Å². The zero-order valence-electron chi connectivity index (χ0n) is 20.1. The summed E-state index contributed by atoms with van der Waals surface area (Å²) < 4.78 is 32.8. The third kappa shape index (κ3) is 6.36. The Morgan fingerprint density at radius 2 is 1.79 bits per heavy atom. The molecule has 1 fully saturated rings. The highest BCUT2D eigenvalue weighted by atomic mass is 32.2. The quantitative estimate of drug-likeness (QED) is 0.560. The Bertz CT molecular complexity index is 1050. The maximum atomic E-state index is 12.9. The maximum Gasteiger partial charge on any atom is 0.243 e. The minimum absolute atomic E-state index is 0.0106. The van der Waals surface area contributed by atoms with Crippen LogP contribution >= 0.6 is 0 Å². The summed E-state index contributed by atoms with van der Waals surface area (Å²) in [7, 11) is -1.96. The van der Waals surface area contributed by atoms with Crippen LogP contribution < -0.4 is 10.1 Å². The zero-order chi connectivity index (χ0) is 24.1. The lowest BCUT2D eigenvalue weighted by Gasteiger charge is -2.29. The van der Waals surface area contributed by atoms with Gasteiger partial charge in [-0.3, -0.25) is 4.79 Å². The molecule has 0 saturated carbocycles. The summed E-state index contributed by atoms with van der Waals surface area (Å²) in [6, 6.07) is 15.2. The van der Waals surface area contributed by atoms with Gasteiger partial charge in [0, 0.05) is 25.6 Å². The number of nitrogens with zero attached hydrogens (tertiary/aromatic N) is 1. The van der Waals surface area contributed by atoms with Crippen LogP contribution in [0.15, 0.2) is 53.4 Å². The van der Waals surface area contributed by atoms with Gasteiger partial charge in [0.1, 0.15) is 5.75 Å². The van der Waals surface area contributed by atoms with Crippen molar-refractivity contribution in [2.45, 2.75) is 69.2 Å². The number of amides is 1. The minimum Gasteiger partial charge on any atom is -0.496 e. The van der Waals surface area contributed by atoms with Crippen molar-refractivity contribution >= 4 is 15.9 Å². The first-order chi connectivity index (χ1) is 15.6. The van der Waals surface area contributed by atoms with Gasteiger partial charge in [0.2, 0.25) is 15.9 Å². The fourth-order valence-electron chi connectivity index (χ4n) is 4.61. The standard InChI is InChI=1S/C26H36N2O4S/c1-20(19-26(2,3)22-10-6-5-7-11-22)27-25(29)15-12-21-18-23(13-14-24(21)32-4)33(30,31)28-16-8-9-17-28/h5-7,10-11,13-14,18,20H,8-9,12,15-17,19H2,1-4H3,(H,27,29). The van der Waals surface area contributed by atoms with Crippen LogP contribution in [-0.2, 0) is 26.7 Å². The van der Waals surface area contributed by atoms with E-state index in [1.807, 2.05) is 25.1 Å². The van der Waals surface area contributed by atoms with Crippen molar-refractivity contribution in [3.8, 4) is 5.75 Å². The summed E-state index contributed by atoms with van der Waals surface area (Å²) in [5, 5.41) is 3.10. The second kappa shape index (κ2) is 10.7. The highest BCUT2D eigenvalue weighted by Crippen LogP contribution is 2.29. The highest BCUT2D eigenvalue weighted by molar-refractivity contribution is 7.89. The molecule has 1 N–H and O–H groups in total. The lowest BCUT2D eigenvalue weighted by atomic mass is 9.79. The number of carbonyl (C=O) groups excluding carboxylic acids is 1. The van der Waals surface area contributed by atoms with E-state index in [9.17, 15) is 13.2 Å². The van der Waals surface area contributed by atoms with Crippen LogP contribution in [-0.4, -0.2) is 44.9 Å². The van der Waals surface area contributed by atoms with Crippen molar-refractivity contribution in [3.63, 3.8) is 0 Å². The van der Waals surface area contributed by atoms with Crippen LogP contribution in [0.3, 0.4) is 0 Å². The molecule has 0 aromatic heterocycles. The highest BCUT2D eigenvalue weighted by Gasteiger charge is 2.28. The normalized spacial score (nSPS) is 15.9. The number of nitrogens with one attached hydrogen (secondary N) is 1. The van der Waals surface area contributed by atoms with E-state index < -0.39 is 10.0 Å².